The van der Waals surface area contributed by atoms with Gasteiger partial charge in [-0.15, -0.1) is 0 Å². The molecular weight excluding hydrogens is 898 g/mol. The van der Waals surface area contributed by atoms with E-state index in [9.17, 15) is 10.5 Å². The lowest BCUT2D eigenvalue weighted by atomic mass is 9.90. The van der Waals surface area contributed by atoms with E-state index in [0.29, 0.717) is 22.4 Å². The van der Waals surface area contributed by atoms with Gasteiger partial charge in [0.05, 0.1) is 84.3 Å². The van der Waals surface area contributed by atoms with Gasteiger partial charge in [0.2, 0.25) is 0 Å². The summed E-state index contributed by atoms with van der Waals surface area (Å²) in [6.45, 7) is 0. The van der Waals surface area contributed by atoms with Crippen LogP contribution in [-0.4, -0.2) is 18.3 Å². The zero-order valence-electron chi connectivity index (χ0n) is 38.0. The normalized spacial score (nSPS) is 12.1. The van der Waals surface area contributed by atoms with Gasteiger partial charge in [-0.05, 0) is 72.8 Å². The summed E-state index contributed by atoms with van der Waals surface area (Å²) in [5, 5.41) is 29.7. The summed E-state index contributed by atoms with van der Waals surface area (Å²) in [4.78, 5) is 0. The van der Waals surface area contributed by atoms with Gasteiger partial charge < -0.3 is 18.3 Å². The Morgan fingerprint density at radius 2 is 0.694 bits per heavy atom. The third kappa shape index (κ3) is 5.70. The van der Waals surface area contributed by atoms with E-state index in [1.54, 1.807) is 12.1 Å². The van der Waals surface area contributed by atoms with E-state index in [1.807, 2.05) is 143 Å². The maximum Gasteiger partial charge on any atom is 0.417 e. The first-order valence-corrected chi connectivity index (χ1v) is 23.5. The number of halogens is 3. The van der Waals surface area contributed by atoms with Crippen molar-refractivity contribution >= 4 is 87.2 Å². The van der Waals surface area contributed by atoms with Gasteiger partial charge in [-0.1, -0.05) is 140 Å². The molecule has 10 aromatic carbocycles. The largest absolute Gasteiger partial charge is 0.417 e. The molecule has 6 nitrogen and oxygen atoms in total. The first-order chi connectivity index (χ1) is 35.3. The SMILES string of the molecule is N#Cc1cc(-n2c3ccccc3c3ccc4c5ccccc5n(-c5ccccc5)c4c32)c(-c2c(C#N)cccc2C(F)(F)F)c(-n2c3ccccc3c3ccc4c5ccccc5n(-c5ccccc5)c4c32)c1. The lowest BCUT2D eigenvalue weighted by Crippen LogP contribution is -2.12. The summed E-state index contributed by atoms with van der Waals surface area (Å²) >= 11 is 0. The summed E-state index contributed by atoms with van der Waals surface area (Å²) in [5.41, 5.74) is 7.81. The van der Waals surface area contributed by atoms with Crippen LogP contribution in [0.3, 0.4) is 0 Å². The minimum absolute atomic E-state index is 0.141. The van der Waals surface area contributed by atoms with Crippen molar-refractivity contribution < 1.29 is 13.2 Å². The summed E-state index contributed by atoms with van der Waals surface area (Å²) in [7, 11) is 0. The Morgan fingerprint density at radius 3 is 1.07 bits per heavy atom. The second-order valence-corrected chi connectivity index (χ2v) is 18.1. The topological polar surface area (TPSA) is 67.3 Å². The van der Waals surface area contributed by atoms with Crippen LogP contribution in [0.15, 0.2) is 212 Å². The zero-order valence-corrected chi connectivity index (χ0v) is 38.0. The Balaban J connectivity index is 1.27. The maximum atomic E-state index is 16.1. The van der Waals surface area contributed by atoms with Crippen molar-refractivity contribution in [1.29, 1.82) is 10.5 Å². The standard InChI is InChI=1S/C63H35F3N6/c64-63(65,66)50-25-15-16-39(37-68)57(50)58-55(71-53-28-13-9-23-44(53)48-32-30-46-42-21-7-11-26-51(42)69(59(46)61(48)71)40-17-3-1-4-18-40)34-38(36-67)35-56(58)72-54-29-14-10-24-45(54)49-33-31-47-43-22-8-12-27-52(43)70(60(47)62(49)72)41-19-5-2-6-20-41/h1-35H. The van der Waals surface area contributed by atoms with Crippen LogP contribution in [0.4, 0.5) is 13.2 Å². The van der Waals surface area contributed by atoms with Gasteiger partial charge in [-0.2, -0.15) is 23.7 Å². The fourth-order valence-electron chi connectivity index (χ4n) is 11.6. The van der Waals surface area contributed by atoms with E-state index in [1.165, 1.54) is 12.1 Å². The molecule has 0 radical (unpaired) electrons. The third-order valence-corrected chi connectivity index (χ3v) is 14.4. The monoisotopic (exact) mass is 932 g/mol. The zero-order chi connectivity index (χ0) is 48.4. The molecule has 0 aliphatic rings. The third-order valence-electron chi connectivity index (χ3n) is 14.4. The van der Waals surface area contributed by atoms with Crippen molar-refractivity contribution in [3.8, 4) is 46.0 Å². The number of rotatable bonds is 5. The van der Waals surface area contributed by atoms with Crippen LogP contribution in [0, 0.1) is 22.7 Å². The predicted octanol–water partition coefficient (Wildman–Crippen LogP) is 16.5. The number of hydrogen-bond donors (Lipinski definition) is 0. The molecule has 9 heteroatoms. The predicted molar refractivity (Wildman–Crippen MR) is 284 cm³/mol. The molecule has 72 heavy (non-hydrogen) atoms. The van der Waals surface area contributed by atoms with Gasteiger partial charge in [-0.3, -0.25) is 0 Å². The highest BCUT2D eigenvalue weighted by Crippen LogP contribution is 2.50. The fraction of sp³-hybridized carbons (Fsp3) is 0.0159. The number of fused-ring (bicyclic) bond motifs is 14. The van der Waals surface area contributed by atoms with E-state index in [0.717, 1.165) is 93.6 Å². The number of benzene rings is 10. The first-order valence-electron chi connectivity index (χ1n) is 23.5. The van der Waals surface area contributed by atoms with Crippen LogP contribution >= 0.6 is 0 Å². The molecule has 338 valence electrons. The quantitative estimate of drug-likeness (QED) is 0.173. The molecule has 0 saturated carbocycles. The van der Waals surface area contributed by atoms with Crippen molar-refractivity contribution in [2.24, 2.45) is 0 Å². The molecule has 0 aliphatic heterocycles. The molecule has 14 rings (SSSR count). The minimum Gasteiger partial charge on any atom is -0.307 e. The molecule has 14 aromatic rings. The number of hydrogen-bond acceptors (Lipinski definition) is 2. The van der Waals surface area contributed by atoms with Gasteiger partial charge in [-0.25, -0.2) is 0 Å². The minimum atomic E-state index is -4.90. The smallest absolute Gasteiger partial charge is 0.307 e. The lowest BCUT2D eigenvalue weighted by Gasteiger charge is -2.24. The molecule has 0 amide bonds. The molecule has 4 heterocycles. The number of nitrogens with zero attached hydrogens (tertiary/aromatic N) is 6. The van der Waals surface area contributed by atoms with E-state index in [-0.39, 0.29) is 22.3 Å². The highest BCUT2D eigenvalue weighted by molar-refractivity contribution is 6.26. The number of aromatic nitrogens is 4. The summed E-state index contributed by atoms with van der Waals surface area (Å²) in [6.07, 6.45) is -4.90. The molecule has 0 spiro atoms. The Kier molecular flexibility index (Phi) is 8.77. The second kappa shape index (κ2) is 15.3. The molecule has 0 bridgehead atoms. The lowest BCUT2D eigenvalue weighted by molar-refractivity contribution is -0.137. The molecule has 0 aliphatic carbocycles. The van der Waals surface area contributed by atoms with Crippen molar-refractivity contribution in [1.82, 2.24) is 18.3 Å². The number of alkyl halides is 3. The molecule has 0 N–H and O–H groups in total. The van der Waals surface area contributed by atoms with E-state index < -0.39 is 11.7 Å². The first kappa shape index (κ1) is 41.2. The Bertz CT molecular complexity index is 4440. The molecular formula is C63H35F3N6. The average molecular weight is 933 g/mol. The molecule has 0 unspecified atom stereocenters. The van der Waals surface area contributed by atoms with E-state index in [4.69, 9.17) is 0 Å². The summed E-state index contributed by atoms with van der Waals surface area (Å²) < 4.78 is 56.8. The van der Waals surface area contributed by atoms with Crippen LogP contribution < -0.4 is 0 Å². The van der Waals surface area contributed by atoms with Crippen LogP contribution in [0.25, 0.3) is 121 Å². The Labute approximate surface area is 408 Å². The molecule has 0 fully saturated rings. The van der Waals surface area contributed by atoms with E-state index in [2.05, 4.69) is 69.8 Å². The highest BCUT2D eigenvalue weighted by Gasteiger charge is 2.38. The highest BCUT2D eigenvalue weighted by atomic mass is 19.4. The van der Waals surface area contributed by atoms with Gasteiger partial charge in [0, 0.05) is 65.6 Å². The van der Waals surface area contributed by atoms with Gasteiger partial charge in [0.1, 0.15) is 0 Å². The van der Waals surface area contributed by atoms with E-state index >= 15 is 13.2 Å². The number of nitriles is 2. The van der Waals surface area contributed by atoms with Crippen molar-refractivity contribution in [3.63, 3.8) is 0 Å². The van der Waals surface area contributed by atoms with Crippen molar-refractivity contribution in [2.75, 3.05) is 0 Å². The Morgan fingerprint density at radius 1 is 0.333 bits per heavy atom. The molecule has 0 atom stereocenters. The van der Waals surface area contributed by atoms with Crippen LogP contribution in [0.5, 0.6) is 0 Å². The number of para-hydroxylation sites is 6. The average Bonchev–Trinajstić information content (AvgIpc) is 4.16. The molecule has 4 aromatic heterocycles. The van der Waals surface area contributed by atoms with Gasteiger partial charge in [0.25, 0.3) is 0 Å². The summed E-state index contributed by atoms with van der Waals surface area (Å²) in [6, 6.07) is 72.5. The summed E-state index contributed by atoms with van der Waals surface area (Å²) in [5.74, 6) is 0. The van der Waals surface area contributed by atoms with Crippen molar-refractivity contribution in [3.05, 3.63) is 229 Å². The van der Waals surface area contributed by atoms with Crippen LogP contribution in [-0.2, 0) is 6.18 Å². The fourth-order valence-corrected chi connectivity index (χ4v) is 11.6. The van der Waals surface area contributed by atoms with Crippen LogP contribution in [0.2, 0.25) is 0 Å². The van der Waals surface area contributed by atoms with Crippen LogP contribution in [0.1, 0.15) is 16.7 Å². The Hall–Kier alpha value is -9.83. The second-order valence-electron chi connectivity index (χ2n) is 18.1. The van der Waals surface area contributed by atoms with Gasteiger partial charge in [0.15, 0.2) is 0 Å². The van der Waals surface area contributed by atoms with Gasteiger partial charge >= 0.3 is 6.18 Å². The molecule has 0 saturated heterocycles. The maximum absolute atomic E-state index is 16.1. The van der Waals surface area contributed by atoms with Crippen molar-refractivity contribution in [2.45, 2.75) is 6.18 Å².